The molecule has 0 aliphatic rings. The van der Waals surface area contributed by atoms with E-state index in [1.807, 2.05) is 0 Å². The first-order valence-electron chi connectivity index (χ1n) is 7.86. The molecular formula is C18H23NO7. The van der Waals surface area contributed by atoms with Gasteiger partial charge in [0.25, 0.3) is 0 Å². The number of carbonyl (C=O) groups is 3. The Kier molecular flexibility index (Phi) is 5.91. The lowest BCUT2D eigenvalue weighted by Crippen LogP contribution is -2.29. The normalized spacial score (nSPS) is 11.7. The van der Waals surface area contributed by atoms with Gasteiger partial charge < -0.3 is 9.47 Å². The van der Waals surface area contributed by atoms with Crippen LogP contribution in [0.4, 0.5) is 5.69 Å². The molecule has 1 aromatic rings. The zero-order chi connectivity index (χ0) is 20.4. The van der Waals surface area contributed by atoms with Gasteiger partial charge >= 0.3 is 11.7 Å². The average Bonchev–Trinajstić information content (AvgIpc) is 2.48. The van der Waals surface area contributed by atoms with E-state index in [9.17, 15) is 24.5 Å². The standard InChI is InChI=1S/C18H23NO7/c1-17(2,3)13-11(9-21)14(19(23)24)15(25-7)10(8-20)12(13)16(22)26-18(4,5)6/h8-9H,1-7H3. The topological polar surface area (TPSA) is 113 Å². The third kappa shape index (κ3) is 4.07. The lowest BCUT2D eigenvalue weighted by Gasteiger charge is -2.28. The molecule has 0 bridgehead atoms. The highest BCUT2D eigenvalue weighted by molar-refractivity contribution is 6.06. The molecule has 0 fully saturated rings. The molecule has 0 saturated carbocycles. The Morgan fingerprint density at radius 1 is 1.04 bits per heavy atom. The fraction of sp³-hybridized carbons (Fsp3) is 0.500. The van der Waals surface area contributed by atoms with Crippen molar-refractivity contribution < 1.29 is 28.8 Å². The molecule has 26 heavy (non-hydrogen) atoms. The predicted octanol–water partition coefficient (Wildman–Crippen LogP) is 3.48. The molecular weight excluding hydrogens is 342 g/mol. The summed E-state index contributed by atoms with van der Waals surface area (Å²) in [6.45, 7) is 9.96. The van der Waals surface area contributed by atoms with Gasteiger partial charge in [0.1, 0.15) is 11.2 Å². The Balaban J connectivity index is 4.16. The van der Waals surface area contributed by atoms with Crippen LogP contribution in [-0.4, -0.2) is 36.2 Å². The molecule has 1 rings (SSSR count). The molecule has 142 valence electrons. The summed E-state index contributed by atoms with van der Waals surface area (Å²) in [5.41, 5.74) is -3.15. The summed E-state index contributed by atoms with van der Waals surface area (Å²) in [5, 5.41) is 11.6. The van der Waals surface area contributed by atoms with E-state index in [0.29, 0.717) is 12.6 Å². The van der Waals surface area contributed by atoms with Gasteiger partial charge in [-0.2, -0.15) is 0 Å². The molecule has 0 aliphatic carbocycles. The van der Waals surface area contributed by atoms with Crippen molar-refractivity contribution in [2.24, 2.45) is 0 Å². The lowest BCUT2D eigenvalue weighted by molar-refractivity contribution is -0.386. The van der Waals surface area contributed by atoms with Gasteiger partial charge in [0.2, 0.25) is 5.75 Å². The number of hydrogen-bond acceptors (Lipinski definition) is 7. The Morgan fingerprint density at radius 2 is 1.54 bits per heavy atom. The van der Waals surface area contributed by atoms with Crippen LogP contribution in [0.25, 0.3) is 0 Å². The van der Waals surface area contributed by atoms with Crippen molar-refractivity contribution in [3.05, 3.63) is 32.4 Å². The van der Waals surface area contributed by atoms with Crippen LogP contribution in [0.5, 0.6) is 5.75 Å². The second kappa shape index (κ2) is 7.23. The average molecular weight is 365 g/mol. The molecule has 0 aromatic heterocycles. The first kappa shape index (κ1) is 21.3. The monoisotopic (exact) mass is 365 g/mol. The van der Waals surface area contributed by atoms with Gasteiger partial charge in [-0.15, -0.1) is 0 Å². The van der Waals surface area contributed by atoms with Gasteiger partial charge in [0, 0.05) is 0 Å². The van der Waals surface area contributed by atoms with Gasteiger partial charge in [-0.1, -0.05) is 20.8 Å². The zero-order valence-electron chi connectivity index (χ0n) is 16.0. The van der Waals surface area contributed by atoms with Crippen molar-refractivity contribution in [2.75, 3.05) is 7.11 Å². The highest BCUT2D eigenvalue weighted by atomic mass is 16.6. The van der Waals surface area contributed by atoms with Crippen molar-refractivity contribution >= 4 is 24.2 Å². The summed E-state index contributed by atoms with van der Waals surface area (Å²) < 4.78 is 10.4. The van der Waals surface area contributed by atoms with Crippen molar-refractivity contribution in [3.63, 3.8) is 0 Å². The number of nitrogens with zero attached hydrogens (tertiary/aromatic N) is 1. The SMILES string of the molecule is COc1c(C=O)c(C(=O)OC(C)(C)C)c(C(C)(C)C)c(C=O)c1[N+](=O)[O-]. The molecule has 0 aliphatic heterocycles. The molecule has 0 heterocycles. The van der Waals surface area contributed by atoms with Crippen molar-refractivity contribution in [3.8, 4) is 5.75 Å². The lowest BCUT2D eigenvalue weighted by atomic mass is 9.78. The Morgan fingerprint density at radius 3 is 1.85 bits per heavy atom. The number of nitro groups is 1. The highest BCUT2D eigenvalue weighted by Gasteiger charge is 2.39. The van der Waals surface area contributed by atoms with Crippen LogP contribution in [0.15, 0.2) is 0 Å². The van der Waals surface area contributed by atoms with E-state index >= 15 is 0 Å². The van der Waals surface area contributed by atoms with Crippen molar-refractivity contribution in [1.29, 1.82) is 0 Å². The molecule has 0 unspecified atom stereocenters. The van der Waals surface area contributed by atoms with E-state index in [2.05, 4.69) is 0 Å². The fourth-order valence-electron chi connectivity index (χ4n) is 2.69. The third-order valence-electron chi connectivity index (χ3n) is 3.48. The van der Waals surface area contributed by atoms with Crippen LogP contribution in [0.3, 0.4) is 0 Å². The number of rotatable bonds is 5. The maximum atomic E-state index is 12.8. The molecule has 8 heteroatoms. The molecule has 8 nitrogen and oxygen atoms in total. The first-order valence-corrected chi connectivity index (χ1v) is 7.86. The van der Waals surface area contributed by atoms with Gasteiger partial charge in [0.15, 0.2) is 12.6 Å². The van der Waals surface area contributed by atoms with Crippen LogP contribution >= 0.6 is 0 Å². The van der Waals surface area contributed by atoms with Crippen LogP contribution in [0.2, 0.25) is 0 Å². The van der Waals surface area contributed by atoms with Gasteiger partial charge in [0.05, 0.1) is 23.2 Å². The van der Waals surface area contributed by atoms with E-state index in [1.54, 1.807) is 41.5 Å². The van der Waals surface area contributed by atoms with Gasteiger partial charge in [-0.25, -0.2) is 4.79 Å². The summed E-state index contributed by atoms with van der Waals surface area (Å²) >= 11 is 0. The third-order valence-corrected chi connectivity index (χ3v) is 3.48. The van der Waals surface area contributed by atoms with Crippen LogP contribution < -0.4 is 4.74 Å². The molecule has 0 spiro atoms. The second-order valence-electron chi connectivity index (χ2n) is 7.70. The molecule has 0 atom stereocenters. The number of esters is 1. The molecule has 0 N–H and O–H groups in total. The van der Waals surface area contributed by atoms with E-state index in [1.165, 1.54) is 0 Å². The van der Waals surface area contributed by atoms with E-state index < -0.39 is 33.3 Å². The first-order chi connectivity index (χ1) is 11.8. The van der Waals surface area contributed by atoms with Gasteiger partial charge in [-0.05, 0) is 31.7 Å². The summed E-state index contributed by atoms with van der Waals surface area (Å²) in [6, 6.07) is 0. The highest BCUT2D eigenvalue weighted by Crippen LogP contribution is 2.43. The zero-order valence-corrected chi connectivity index (χ0v) is 16.0. The number of hydrogen-bond donors (Lipinski definition) is 0. The smallest absolute Gasteiger partial charge is 0.339 e. The quantitative estimate of drug-likeness (QED) is 0.340. The van der Waals surface area contributed by atoms with Crippen molar-refractivity contribution in [2.45, 2.75) is 52.6 Å². The molecule has 0 saturated heterocycles. The number of benzene rings is 1. The number of ether oxygens (including phenoxy) is 2. The van der Waals surface area contributed by atoms with E-state index in [-0.39, 0.29) is 22.3 Å². The Bertz CT molecular complexity index is 767. The van der Waals surface area contributed by atoms with E-state index in [0.717, 1.165) is 7.11 Å². The fourth-order valence-corrected chi connectivity index (χ4v) is 2.69. The minimum atomic E-state index is -0.872. The maximum Gasteiger partial charge on any atom is 0.339 e. The van der Waals surface area contributed by atoms with Crippen LogP contribution in [-0.2, 0) is 10.2 Å². The minimum Gasteiger partial charge on any atom is -0.490 e. The number of methoxy groups -OCH3 is 1. The van der Waals surface area contributed by atoms with E-state index in [4.69, 9.17) is 9.47 Å². The summed E-state index contributed by atoms with van der Waals surface area (Å²) in [5.74, 6) is -1.30. The summed E-state index contributed by atoms with van der Waals surface area (Å²) in [4.78, 5) is 47.0. The summed E-state index contributed by atoms with van der Waals surface area (Å²) in [6.07, 6.45) is 0.596. The Labute approximate surface area is 151 Å². The number of nitro benzene ring substituents is 1. The van der Waals surface area contributed by atoms with Gasteiger partial charge in [-0.3, -0.25) is 19.7 Å². The Hall–Kier alpha value is -2.77. The second-order valence-corrected chi connectivity index (χ2v) is 7.70. The molecule has 0 amide bonds. The van der Waals surface area contributed by atoms with Crippen LogP contribution in [0.1, 0.15) is 78.2 Å². The maximum absolute atomic E-state index is 12.8. The van der Waals surface area contributed by atoms with Crippen molar-refractivity contribution in [1.82, 2.24) is 0 Å². The molecule has 0 radical (unpaired) electrons. The molecule has 1 aromatic carbocycles. The minimum absolute atomic E-state index is 0.0661. The van der Waals surface area contributed by atoms with Crippen LogP contribution in [0, 0.1) is 10.1 Å². The summed E-state index contributed by atoms with van der Waals surface area (Å²) in [7, 11) is 1.12. The number of carbonyl (C=O) groups excluding carboxylic acids is 3. The predicted molar refractivity (Wildman–Crippen MR) is 94.3 cm³/mol. The number of aldehydes is 2. The largest absolute Gasteiger partial charge is 0.490 e.